The van der Waals surface area contributed by atoms with Crippen molar-refractivity contribution in [3.63, 3.8) is 0 Å². The maximum Gasteiger partial charge on any atom is 0.339 e. The maximum atomic E-state index is 12.9. The molecule has 0 heterocycles. The molecule has 0 radical (unpaired) electrons. The molecule has 0 spiro atoms. The van der Waals surface area contributed by atoms with Gasteiger partial charge in [0.05, 0.1) is 0 Å². The minimum Gasteiger partial charge on any atom is -0.379 e. The zero-order valence-corrected chi connectivity index (χ0v) is 14.0. The molecule has 3 rings (SSSR count). The molecular weight excluding hydrogens is 362 g/mol. The fraction of sp³-hybridized carbons (Fsp3) is 0. The summed E-state index contributed by atoms with van der Waals surface area (Å²) in [6, 6.07) is 14.8. The molecule has 0 unspecified atom stereocenters. The average Bonchev–Trinajstić information content (AvgIpc) is 2.62. The third-order valence-electron chi connectivity index (χ3n) is 3.53. The molecule has 0 aliphatic carbocycles. The molecule has 0 fully saturated rings. The zero-order valence-electron chi connectivity index (χ0n) is 13.2. The van der Waals surface area contributed by atoms with E-state index in [1.807, 2.05) is 0 Å². The Kier molecular flexibility index (Phi) is 4.81. The highest BCUT2D eigenvalue weighted by atomic mass is 32.2. The van der Waals surface area contributed by atoms with Crippen molar-refractivity contribution in [3.05, 3.63) is 95.6 Å². The molecule has 7 heteroatoms. The highest BCUT2D eigenvalue weighted by Crippen LogP contribution is 2.20. The van der Waals surface area contributed by atoms with E-state index in [1.165, 1.54) is 48.5 Å². The van der Waals surface area contributed by atoms with Gasteiger partial charge in [-0.05, 0) is 72.8 Å². The Morgan fingerprint density at radius 1 is 0.692 bits per heavy atom. The standard InChI is InChI=1S/C19H12F2O4S/c20-15-5-1-13(2-6-15)19(22)14-3-9-17(10-4-14)25-26(23,24)18-11-7-16(21)8-12-18/h1-12H. The second-order valence-corrected chi connectivity index (χ2v) is 6.90. The first-order valence-corrected chi connectivity index (χ1v) is 8.86. The Labute approximate surface area is 148 Å². The number of carbonyl (C=O) groups excluding carboxylic acids is 1. The zero-order chi connectivity index (χ0) is 18.7. The maximum absolute atomic E-state index is 12.9. The van der Waals surface area contributed by atoms with Crippen molar-refractivity contribution in [2.24, 2.45) is 0 Å². The lowest BCUT2D eigenvalue weighted by Gasteiger charge is -2.08. The highest BCUT2D eigenvalue weighted by molar-refractivity contribution is 7.87. The van der Waals surface area contributed by atoms with Crippen LogP contribution in [0.5, 0.6) is 5.75 Å². The second-order valence-electron chi connectivity index (χ2n) is 5.35. The minimum absolute atomic E-state index is 0.00461. The van der Waals surface area contributed by atoms with Gasteiger partial charge in [0.25, 0.3) is 0 Å². The summed E-state index contributed by atoms with van der Waals surface area (Å²) in [5, 5.41) is 0. The van der Waals surface area contributed by atoms with Gasteiger partial charge in [0, 0.05) is 11.1 Å². The summed E-state index contributed by atoms with van der Waals surface area (Å²) in [6.45, 7) is 0. The van der Waals surface area contributed by atoms with Gasteiger partial charge in [-0.2, -0.15) is 8.42 Å². The summed E-state index contributed by atoms with van der Waals surface area (Å²) < 4.78 is 55.1. The van der Waals surface area contributed by atoms with Gasteiger partial charge in [-0.15, -0.1) is 0 Å². The average molecular weight is 374 g/mol. The Morgan fingerprint density at radius 2 is 1.12 bits per heavy atom. The molecular formula is C19H12F2O4S. The molecule has 0 aliphatic rings. The normalized spacial score (nSPS) is 11.2. The Hall–Kier alpha value is -3.06. The number of rotatable bonds is 5. The van der Waals surface area contributed by atoms with Crippen LogP contribution in [0.3, 0.4) is 0 Å². The van der Waals surface area contributed by atoms with Gasteiger partial charge in [0.2, 0.25) is 0 Å². The lowest BCUT2D eigenvalue weighted by Crippen LogP contribution is -2.10. The fourth-order valence-corrected chi connectivity index (χ4v) is 3.14. The predicted molar refractivity (Wildman–Crippen MR) is 90.5 cm³/mol. The van der Waals surface area contributed by atoms with E-state index in [4.69, 9.17) is 4.18 Å². The van der Waals surface area contributed by atoms with Crippen LogP contribution in [0.15, 0.2) is 77.7 Å². The summed E-state index contributed by atoms with van der Waals surface area (Å²) in [4.78, 5) is 12.1. The third kappa shape index (κ3) is 3.94. The summed E-state index contributed by atoms with van der Waals surface area (Å²) in [6.07, 6.45) is 0. The number of benzene rings is 3. The summed E-state index contributed by atoms with van der Waals surface area (Å²) in [7, 11) is -4.11. The van der Waals surface area contributed by atoms with E-state index in [0.717, 1.165) is 24.3 Å². The molecule has 132 valence electrons. The summed E-state index contributed by atoms with van der Waals surface area (Å²) in [5.74, 6) is -1.34. The number of hydrogen-bond donors (Lipinski definition) is 0. The summed E-state index contributed by atoms with van der Waals surface area (Å²) >= 11 is 0. The Balaban J connectivity index is 1.78. The van der Waals surface area contributed by atoms with E-state index in [-0.39, 0.29) is 16.4 Å². The molecule has 26 heavy (non-hydrogen) atoms. The van der Waals surface area contributed by atoms with Gasteiger partial charge in [-0.1, -0.05) is 0 Å². The van der Waals surface area contributed by atoms with Gasteiger partial charge in [-0.3, -0.25) is 4.79 Å². The van der Waals surface area contributed by atoms with E-state index in [0.29, 0.717) is 11.1 Å². The topological polar surface area (TPSA) is 60.4 Å². The van der Waals surface area contributed by atoms with Crippen LogP contribution in [-0.2, 0) is 10.1 Å². The van der Waals surface area contributed by atoms with Crippen LogP contribution >= 0.6 is 0 Å². The summed E-state index contributed by atoms with van der Waals surface area (Å²) in [5.41, 5.74) is 0.599. The van der Waals surface area contributed by atoms with Crippen LogP contribution in [0, 0.1) is 11.6 Å². The first-order valence-electron chi connectivity index (χ1n) is 7.45. The molecule has 0 saturated carbocycles. The predicted octanol–water partition coefficient (Wildman–Crippen LogP) is 3.96. The number of carbonyl (C=O) groups is 1. The monoisotopic (exact) mass is 374 g/mol. The molecule has 0 atom stereocenters. The Bertz CT molecular complexity index is 1030. The van der Waals surface area contributed by atoms with Gasteiger partial charge < -0.3 is 4.18 Å². The molecule has 4 nitrogen and oxygen atoms in total. The van der Waals surface area contributed by atoms with Crippen LogP contribution in [0.2, 0.25) is 0 Å². The minimum atomic E-state index is -4.11. The van der Waals surface area contributed by atoms with Crippen LogP contribution in [0.25, 0.3) is 0 Å². The number of ketones is 1. The lowest BCUT2D eigenvalue weighted by molar-refractivity contribution is 0.103. The van der Waals surface area contributed by atoms with Crippen LogP contribution in [0.4, 0.5) is 8.78 Å². The molecule has 0 saturated heterocycles. The molecule has 0 aliphatic heterocycles. The van der Waals surface area contributed by atoms with Crippen LogP contribution in [-0.4, -0.2) is 14.2 Å². The van der Waals surface area contributed by atoms with E-state index < -0.39 is 21.8 Å². The van der Waals surface area contributed by atoms with Crippen molar-refractivity contribution in [2.75, 3.05) is 0 Å². The molecule has 0 aromatic heterocycles. The van der Waals surface area contributed by atoms with Crippen LogP contribution in [0.1, 0.15) is 15.9 Å². The quantitative estimate of drug-likeness (QED) is 0.501. The molecule has 3 aromatic rings. The first-order chi connectivity index (χ1) is 12.3. The molecule has 0 bridgehead atoms. The number of hydrogen-bond acceptors (Lipinski definition) is 4. The van der Waals surface area contributed by atoms with Crippen molar-refractivity contribution < 1.29 is 26.2 Å². The van der Waals surface area contributed by atoms with E-state index in [1.54, 1.807) is 0 Å². The Morgan fingerprint density at radius 3 is 1.62 bits per heavy atom. The third-order valence-corrected chi connectivity index (χ3v) is 4.79. The van der Waals surface area contributed by atoms with Gasteiger partial charge >= 0.3 is 10.1 Å². The largest absolute Gasteiger partial charge is 0.379 e. The van der Waals surface area contributed by atoms with E-state index >= 15 is 0 Å². The second kappa shape index (κ2) is 7.05. The van der Waals surface area contributed by atoms with Crippen molar-refractivity contribution in [3.8, 4) is 5.75 Å². The smallest absolute Gasteiger partial charge is 0.339 e. The van der Waals surface area contributed by atoms with Crippen LogP contribution < -0.4 is 4.18 Å². The van der Waals surface area contributed by atoms with Crippen molar-refractivity contribution >= 4 is 15.9 Å². The highest BCUT2D eigenvalue weighted by Gasteiger charge is 2.17. The molecule has 3 aromatic carbocycles. The lowest BCUT2D eigenvalue weighted by atomic mass is 10.0. The number of halogens is 2. The van der Waals surface area contributed by atoms with Gasteiger partial charge in [-0.25, -0.2) is 8.78 Å². The van der Waals surface area contributed by atoms with E-state index in [9.17, 15) is 22.0 Å². The van der Waals surface area contributed by atoms with E-state index in [2.05, 4.69) is 0 Å². The van der Waals surface area contributed by atoms with Crippen molar-refractivity contribution in [1.82, 2.24) is 0 Å². The molecule has 0 amide bonds. The SMILES string of the molecule is O=C(c1ccc(F)cc1)c1ccc(OS(=O)(=O)c2ccc(F)cc2)cc1. The molecule has 0 N–H and O–H groups in total. The van der Waals surface area contributed by atoms with Crippen molar-refractivity contribution in [2.45, 2.75) is 4.90 Å². The first kappa shape index (κ1) is 17.8. The van der Waals surface area contributed by atoms with Gasteiger partial charge in [0.15, 0.2) is 5.78 Å². The fourth-order valence-electron chi connectivity index (χ4n) is 2.21. The van der Waals surface area contributed by atoms with Gasteiger partial charge in [0.1, 0.15) is 22.3 Å². The van der Waals surface area contributed by atoms with Crippen molar-refractivity contribution in [1.29, 1.82) is 0 Å².